The molecule has 0 atom stereocenters. The molecular weight excluding hydrogens is 434 g/mol. The Morgan fingerprint density at radius 3 is 2.48 bits per heavy atom. The first-order valence-electron chi connectivity index (χ1n) is 9.95. The van der Waals surface area contributed by atoms with Crippen LogP contribution < -0.4 is 10.2 Å². The topological polar surface area (TPSA) is 80.1 Å². The Morgan fingerprint density at radius 2 is 1.74 bits per heavy atom. The minimum atomic E-state index is -3.96. The average molecular weight is 454 g/mol. The highest BCUT2D eigenvalue weighted by molar-refractivity contribution is 7.90. The molecule has 31 heavy (non-hydrogen) atoms. The molecule has 1 saturated heterocycles. The Labute approximate surface area is 185 Å². The monoisotopic (exact) mass is 453 g/mol. The molecule has 3 heterocycles. The number of halogens is 1. The van der Waals surface area contributed by atoms with Gasteiger partial charge in [-0.3, -0.25) is 0 Å². The SMILES string of the molecule is O=S(=O)(c1cccc(Cl)c1)n1c(-c2ccccc2)nc2c(N3CCNCC3)nccc21. The van der Waals surface area contributed by atoms with E-state index in [1.807, 2.05) is 30.3 Å². The first-order valence-corrected chi connectivity index (χ1v) is 11.8. The van der Waals surface area contributed by atoms with Gasteiger partial charge in [0.2, 0.25) is 0 Å². The van der Waals surface area contributed by atoms with E-state index in [0.29, 0.717) is 33.3 Å². The molecular formula is C22H20ClN5O2S. The van der Waals surface area contributed by atoms with E-state index < -0.39 is 10.0 Å². The van der Waals surface area contributed by atoms with Crippen LogP contribution in [-0.4, -0.2) is 48.5 Å². The zero-order valence-electron chi connectivity index (χ0n) is 16.6. The summed E-state index contributed by atoms with van der Waals surface area (Å²) < 4.78 is 28.8. The van der Waals surface area contributed by atoms with E-state index in [0.717, 1.165) is 26.2 Å². The van der Waals surface area contributed by atoms with Crippen LogP contribution in [-0.2, 0) is 10.0 Å². The summed E-state index contributed by atoms with van der Waals surface area (Å²) in [7, 11) is -3.96. The maximum absolute atomic E-state index is 13.8. The second-order valence-electron chi connectivity index (χ2n) is 7.27. The number of hydrogen-bond acceptors (Lipinski definition) is 6. The minimum Gasteiger partial charge on any atom is -0.352 e. The van der Waals surface area contributed by atoms with Gasteiger partial charge in [-0.05, 0) is 24.3 Å². The van der Waals surface area contributed by atoms with Gasteiger partial charge in [-0.1, -0.05) is 48.0 Å². The van der Waals surface area contributed by atoms with Gasteiger partial charge in [0.15, 0.2) is 11.6 Å². The molecule has 1 N–H and O–H groups in total. The Hall–Kier alpha value is -2.94. The minimum absolute atomic E-state index is 0.108. The van der Waals surface area contributed by atoms with Gasteiger partial charge in [0.05, 0.1) is 10.4 Å². The van der Waals surface area contributed by atoms with Crippen LogP contribution in [0.25, 0.3) is 22.4 Å². The first kappa shape index (κ1) is 20.0. The quantitative estimate of drug-likeness (QED) is 0.510. The molecule has 0 bridgehead atoms. The van der Waals surface area contributed by atoms with Crippen molar-refractivity contribution in [2.24, 2.45) is 0 Å². The number of rotatable bonds is 4. The van der Waals surface area contributed by atoms with Gasteiger partial charge in [-0.25, -0.2) is 22.4 Å². The van der Waals surface area contributed by atoms with Gasteiger partial charge in [0.1, 0.15) is 5.52 Å². The third-order valence-corrected chi connectivity index (χ3v) is 7.23. The molecule has 0 aliphatic carbocycles. The molecule has 2 aromatic heterocycles. The molecule has 0 saturated carbocycles. The summed E-state index contributed by atoms with van der Waals surface area (Å²) >= 11 is 6.10. The molecule has 158 valence electrons. The third kappa shape index (κ3) is 3.56. The van der Waals surface area contributed by atoms with Gasteiger partial charge in [0.25, 0.3) is 10.0 Å². The molecule has 2 aromatic carbocycles. The number of benzene rings is 2. The summed E-state index contributed by atoms with van der Waals surface area (Å²) in [6, 6.07) is 17.3. The molecule has 5 rings (SSSR count). The highest BCUT2D eigenvalue weighted by atomic mass is 35.5. The van der Waals surface area contributed by atoms with Crippen molar-refractivity contribution in [2.45, 2.75) is 4.90 Å². The standard InChI is InChI=1S/C22H20ClN5O2S/c23-17-7-4-8-18(15-17)31(29,30)28-19-9-10-25-22(27-13-11-24-12-14-27)20(19)26-21(28)16-5-2-1-3-6-16/h1-10,15,24H,11-14H2. The Bertz CT molecular complexity index is 1350. The maximum atomic E-state index is 13.8. The Morgan fingerprint density at radius 1 is 0.968 bits per heavy atom. The number of piperazine rings is 1. The maximum Gasteiger partial charge on any atom is 0.270 e. The fraction of sp³-hybridized carbons (Fsp3) is 0.182. The normalized spacial score (nSPS) is 14.8. The van der Waals surface area contributed by atoms with E-state index in [-0.39, 0.29) is 4.90 Å². The van der Waals surface area contributed by atoms with Crippen molar-refractivity contribution < 1.29 is 8.42 Å². The lowest BCUT2D eigenvalue weighted by atomic mass is 10.2. The first-order chi connectivity index (χ1) is 15.1. The van der Waals surface area contributed by atoms with Crippen LogP contribution in [0.5, 0.6) is 0 Å². The largest absolute Gasteiger partial charge is 0.352 e. The van der Waals surface area contributed by atoms with Crippen LogP contribution in [0.4, 0.5) is 5.82 Å². The summed E-state index contributed by atoms with van der Waals surface area (Å²) in [6.45, 7) is 3.23. The molecule has 0 radical (unpaired) electrons. The molecule has 0 unspecified atom stereocenters. The number of anilines is 1. The molecule has 1 aliphatic rings. The number of hydrogen-bond donors (Lipinski definition) is 1. The second kappa shape index (κ2) is 7.96. The predicted molar refractivity (Wildman–Crippen MR) is 122 cm³/mol. The van der Waals surface area contributed by atoms with E-state index in [1.165, 1.54) is 10.0 Å². The number of fused-ring (bicyclic) bond motifs is 1. The van der Waals surface area contributed by atoms with Gasteiger partial charge in [0, 0.05) is 43.0 Å². The van der Waals surface area contributed by atoms with E-state index >= 15 is 0 Å². The van der Waals surface area contributed by atoms with Crippen molar-refractivity contribution in [2.75, 3.05) is 31.1 Å². The fourth-order valence-electron chi connectivity index (χ4n) is 3.82. The molecule has 7 nitrogen and oxygen atoms in total. The smallest absolute Gasteiger partial charge is 0.270 e. The molecule has 0 spiro atoms. The Balaban J connectivity index is 1.80. The second-order valence-corrected chi connectivity index (χ2v) is 9.49. The summed E-state index contributed by atoms with van der Waals surface area (Å²) in [4.78, 5) is 11.6. The summed E-state index contributed by atoms with van der Waals surface area (Å²) in [6.07, 6.45) is 1.64. The zero-order chi connectivity index (χ0) is 21.4. The van der Waals surface area contributed by atoms with E-state index in [4.69, 9.17) is 16.6 Å². The van der Waals surface area contributed by atoms with Crippen molar-refractivity contribution in [3.05, 3.63) is 71.9 Å². The van der Waals surface area contributed by atoms with Crippen LogP contribution in [0.3, 0.4) is 0 Å². The van der Waals surface area contributed by atoms with Crippen molar-refractivity contribution in [3.8, 4) is 11.4 Å². The number of nitrogens with zero attached hydrogens (tertiary/aromatic N) is 4. The number of imidazole rings is 1. The zero-order valence-corrected chi connectivity index (χ0v) is 18.1. The molecule has 9 heteroatoms. The van der Waals surface area contributed by atoms with Gasteiger partial charge < -0.3 is 10.2 Å². The molecule has 4 aromatic rings. The highest BCUT2D eigenvalue weighted by Gasteiger charge is 2.28. The average Bonchev–Trinajstić information content (AvgIpc) is 3.21. The lowest BCUT2D eigenvalue weighted by molar-refractivity contribution is 0.586. The van der Waals surface area contributed by atoms with Gasteiger partial charge in [-0.2, -0.15) is 0 Å². The van der Waals surface area contributed by atoms with Crippen molar-refractivity contribution >= 4 is 38.5 Å². The van der Waals surface area contributed by atoms with Crippen LogP contribution in [0.1, 0.15) is 0 Å². The van der Waals surface area contributed by atoms with Crippen LogP contribution in [0.2, 0.25) is 5.02 Å². The Kier molecular flexibility index (Phi) is 5.13. The van der Waals surface area contributed by atoms with E-state index in [2.05, 4.69) is 15.2 Å². The third-order valence-electron chi connectivity index (χ3n) is 5.30. The highest BCUT2D eigenvalue weighted by Crippen LogP contribution is 2.33. The van der Waals surface area contributed by atoms with Crippen molar-refractivity contribution in [1.82, 2.24) is 19.3 Å². The molecule has 1 fully saturated rings. The van der Waals surface area contributed by atoms with Crippen LogP contribution in [0, 0.1) is 0 Å². The van der Waals surface area contributed by atoms with Crippen molar-refractivity contribution in [3.63, 3.8) is 0 Å². The van der Waals surface area contributed by atoms with E-state index in [1.54, 1.807) is 30.5 Å². The van der Waals surface area contributed by atoms with Crippen molar-refractivity contribution in [1.29, 1.82) is 0 Å². The summed E-state index contributed by atoms with van der Waals surface area (Å²) in [5.41, 5.74) is 1.76. The van der Waals surface area contributed by atoms with Gasteiger partial charge >= 0.3 is 0 Å². The predicted octanol–water partition coefficient (Wildman–Crippen LogP) is 3.40. The fourth-order valence-corrected chi connectivity index (χ4v) is 5.60. The van der Waals surface area contributed by atoms with Crippen LogP contribution in [0.15, 0.2) is 71.8 Å². The van der Waals surface area contributed by atoms with Crippen LogP contribution >= 0.6 is 11.6 Å². The van der Waals surface area contributed by atoms with Gasteiger partial charge in [-0.15, -0.1) is 0 Å². The number of aromatic nitrogens is 3. The summed E-state index contributed by atoms with van der Waals surface area (Å²) in [5, 5.41) is 3.68. The number of pyridine rings is 1. The van der Waals surface area contributed by atoms with E-state index in [9.17, 15) is 8.42 Å². The molecule has 1 aliphatic heterocycles. The lowest BCUT2D eigenvalue weighted by Crippen LogP contribution is -2.44. The summed E-state index contributed by atoms with van der Waals surface area (Å²) in [5.74, 6) is 1.04. The number of nitrogens with one attached hydrogen (secondary N) is 1. The molecule has 0 amide bonds. The lowest BCUT2D eigenvalue weighted by Gasteiger charge is -2.28.